The van der Waals surface area contributed by atoms with Crippen LogP contribution in [0.5, 0.6) is 0 Å². The number of nitrogens with zero attached hydrogens (tertiary/aromatic N) is 1. The number of imide groups is 1. The summed E-state index contributed by atoms with van der Waals surface area (Å²) >= 11 is 0. The molecule has 2 aliphatic rings. The molecule has 2 heterocycles. The molecule has 3 amide bonds. The Hall–Kier alpha value is -2.21. The number of rotatable bonds is 8. The number of nitrogens with one attached hydrogen (secondary N) is 1. The first-order chi connectivity index (χ1) is 13.0. The normalized spacial score (nSPS) is 19.1. The molecule has 1 unspecified atom stereocenters. The van der Waals surface area contributed by atoms with Crippen molar-refractivity contribution in [1.82, 2.24) is 4.90 Å². The number of carbonyl (C=O) groups excluding carboxylic acids is 3. The molecule has 0 radical (unpaired) electrons. The summed E-state index contributed by atoms with van der Waals surface area (Å²) in [4.78, 5) is 39.1. The van der Waals surface area contributed by atoms with Gasteiger partial charge in [0.1, 0.15) is 0 Å². The maximum atomic E-state index is 12.7. The number of ether oxygens (including phenoxy) is 1. The smallest absolute Gasteiger partial charge is 0.261 e. The highest BCUT2D eigenvalue weighted by atomic mass is 16.5. The molecular weight excluding hydrogens is 344 g/mol. The first kappa shape index (κ1) is 19.5. The van der Waals surface area contributed by atoms with E-state index in [-0.39, 0.29) is 29.7 Å². The molecule has 2 aliphatic heterocycles. The molecule has 1 fully saturated rings. The average molecular weight is 372 g/mol. The highest BCUT2D eigenvalue weighted by Crippen LogP contribution is 2.28. The molecule has 0 aromatic heterocycles. The van der Waals surface area contributed by atoms with Gasteiger partial charge in [-0.1, -0.05) is 26.7 Å². The van der Waals surface area contributed by atoms with Gasteiger partial charge in [0.05, 0.1) is 23.8 Å². The highest BCUT2D eigenvalue weighted by molar-refractivity contribution is 6.21. The third kappa shape index (κ3) is 4.21. The Kier molecular flexibility index (Phi) is 6.26. The van der Waals surface area contributed by atoms with Crippen LogP contribution < -0.4 is 5.32 Å². The van der Waals surface area contributed by atoms with Crippen LogP contribution in [0.3, 0.4) is 0 Å². The SMILES string of the molecule is CCCC(CCC)C(=O)Nc1ccc2c(c1)C(=O)N(CC1CCCO1)C2=O. The van der Waals surface area contributed by atoms with E-state index in [0.29, 0.717) is 30.0 Å². The fourth-order valence-corrected chi connectivity index (χ4v) is 3.87. The first-order valence-electron chi connectivity index (χ1n) is 9.97. The Labute approximate surface area is 160 Å². The van der Waals surface area contributed by atoms with Crippen molar-refractivity contribution in [3.05, 3.63) is 29.3 Å². The van der Waals surface area contributed by atoms with Crippen molar-refractivity contribution in [1.29, 1.82) is 0 Å². The van der Waals surface area contributed by atoms with Crippen molar-refractivity contribution in [3.63, 3.8) is 0 Å². The Bertz CT molecular complexity index is 719. The maximum Gasteiger partial charge on any atom is 0.261 e. The predicted octanol–water partition coefficient (Wildman–Crippen LogP) is 3.62. The number of amides is 3. The van der Waals surface area contributed by atoms with Gasteiger partial charge in [0.15, 0.2) is 0 Å². The maximum absolute atomic E-state index is 12.7. The summed E-state index contributed by atoms with van der Waals surface area (Å²) in [6, 6.07) is 4.96. The molecule has 0 spiro atoms. The van der Waals surface area contributed by atoms with Crippen molar-refractivity contribution in [2.24, 2.45) is 5.92 Å². The summed E-state index contributed by atoms with van der Waals surface area (Å²) in [5.41, 5.74) is 1.32. The van der Waals surface area contributed by atoms with Gasteiger partial charge >= 0.3 is 0 Å². The molecule has 1 atom stereocenters. The van der Waals surface area contributed by atoms with Crippen molar-refractivity contribution in [2.45, 2.75) is 58.5 Å². The summed E-state index contributed by atoms with van der Waals surface area (Å²) in [7, 11) is 0. The molecule has 0 aliphatic carbocycles. The Balaban J connectivity index is 1.72. The van der Waals surface area contributed by atoms with E-state index in [9.17, 15) is 14.4 Å². The molecule has 146 valence electrons. The lowest BCUT2D eigenvalue weighted by molar-refractivity contribution is -0.120. The van der Waals surface area contributed by atoms with Gasteiger partial charge in [0.25, 0.3) is 11.8 Å². The molecule has 1 N–H and O–H groups in total. The molecule has 1 aromatic rings. The van der Waals surface area contributed by atoms with Gasteiger partial charge in [-0.3, -0.25) is 19.3 Å². The van der Waals surface area contributed by atoms with E-state index < -0.39 is 0 Å². The zero-order chi connectivity index (χ0) is 19.4. The van der Waals surface area contributed by atoms with Crippen molar-refractivity contribution in [3.8, 4) is 0 Å². The third-order valence-electron chi connectivity index (χ3n) is 5.29. The van der Waals surface area contributed by atoms with Crippen LogP contribution in [0.15, 0.2) is 18.2 Å². The van der Waals surface area contributed by atoms with Crippen molar-refractivity contribution < 1.29 is 19.1 Å². The van der Waals surface area contributed by atoms with Crippen LogP contribution in [0.25, 0.3) is 0 Å². The molecule has 6 heteroatoms. The quantitative estimate of drug-likeness (QED) is 0.707. The minimum atomic E-state index is -0.305. The zero-order valence-corrected chi connectivity index (χ0v) is 16.1. The van der Waals surface area contributed by atoms with E-state index in [4.69, 9.17) is 4.74 Å². The van der Waals surface area contributed by atoms with Gasteiger partial charge in [-0.25, -0.2) is 0 Å². The molecule has 27 heavy (non-hydrogen) atoms. The molecule has 0 saturated carbocycles. The number of anilines is 1. The second-order valence-electron chi connectivity index (χ2n) is 7.38. The summed E-state index contributed by atoms with van der Waals surface area (Å²) in [5.74, 6) is -0.633. The standard InChI is InChI=1S/C21H28N2O4/c1-3-6-14(7-4-2)19(24)22-15-9-10-17-18(12-15)21(26)23(20(17)25)13-16-8-5-11-27-16/h9-10,12,14,16H,3-8,11,13H2,1-2H3,(H,22,24). The second kappa shape index (κ2) is 8.65. The highest BCUT2D eigenvalue weighted by Gasteiger charge is 2.37. The molecule has 1 aromatic carbocycles. The molecular formula is C21H28N2O4. The topological polar surface area (TPSA) is 75.7 Å². The van der Waals surface area contributed by atoms with Gasteiger partial charge in [-0.2, -0.15) is 0 Å². The van der Waals surface area contributed by atoms with Gasteiger partial charge in [0, 0.05) is 18.2 Å². The van der Waals surface area contributed by atoms with Gasteiger partial charge < -0.3 is 10.1 Å². The number of hydrogen-bond acceptors (Lipinski definition) is 4. The first-order valence-corrected chi connectivity index (χ1v) is 9.97. The van der Waals surface area contributed by atoms with Gasteiger partial charge in [-0.05, 0) is 43.9 Å². The van der Waals surface area contributed by atoms with E-state index in [0.717, 1.165) is 38.5 Å². The number of benzene rings is 1. The van der Waals surface area contributed by atoms with Crippen molar-refractivity contribution in [2.75, 3.05) is 18.5 Å². The van der Waals surface area contributed by atoms with E-state index in [1.165, 1.54) is 4.90 Å². The second-order valence-corrected chi connectivity index (χ2v) is 7.38. The van der Waals surface area contributed by atoms with Crippen LogP contribution in [0.1, 0.15) is 73.1 Å². The largest absolute Gasteiger partial charge is 0.376 e. The predicted molar refractivity (Wildman–Crippen MR) is 103 cm³/mol. The summed E-state index contributed by atoms with van der Waals surface area (Å²) < 4.78 is 5.56. The van der Waals surface area contributed by atoms with Gasteiger partial charge in [-0.15, -0.1) is 0 Å². The van der Waals surface area contributed by atoms with Gasteiger partial charge in [0.2, 0.25) is 5.91 Å². The fraction of sp³-hybridized carbons (Fsp3) is 0.571. The van der Waals surface area contributed by atoms with E-state index in [2.05, 4.69) is 19.2 Å². The average Bonchev–Trinajstić information content (AvgIpc) is 3.25. The number of carbonyl (C=O) groups is 3. The van der Waals surface area contributed by atoms with E-state index >= 15 is 0 Å². The summed E-state index contributed by atoms with van der Waals surface area (Å²) in [5, 5.41) is 2.92. The molecule has 1 saturated heterocycles. The summed E-state index contributed by atoms with van der Waals surface area (Å²) in [6.07, 6.45) is 5.34. The Morgan fingerprint density at radius 1 is 1.19 bits per heavy atom. The van der Waals surface area contributed by atoms with Crippen LogP contribution in [-0.2, 0) is 9.53 Å². The summed E-state index contributed by atoms with van der Waals surface area (Å²) in [6.45, 7) is 5.11. The molecule has 6 nitrogen and oxygen atoms in total. The monoisotopic (exact) mass is 372 g/mol. The van der Waals surface area contributed by atoms with Crippen molar-refractivity contribution >= 4 is 23.4 Å². The fourth-order valence-electron chi connectivity index (χ4n) is 3.87. The number of fused-ring (bicyclic) bond motifs is 1. The lowest BCUT2D eigenvalue weighted by Gasteiger charge is -2.17. The zero-order valence-electron chi connectivity index (χ0n) is 16.1. The molecule has 3 rings (SSSR count). The minimum absolute atomic E-state index is 0.0216. The Morgan fingerprint density at radius 3 is 2.52 bits per heavy atom. The number of hydrogen-bond donors (Lipinski definition) is 1. The van der Waals surface area contributed by atoms with Crippen LogP contribution in [-0.4, -0.2) is 41.9 Å². The van der Waals surface area contributed by atoms with Crippen LogP contribution in [0.4, 0.5) is 5.69 Å². The van der Waals surface area contributed by atoms with E-state index in [1.807, 2.05) is 0 Å². The molecule has 0 bridgehead atoms. The lowest BCUT2D eigenvalue weighted by atomic mass is 9.97. The van der Waals surface area contributed by atoms with Crippen LogP contribution in [0, 0.1) is 5.92 Å². The Morgan fingerprint density at radius 2 is 1.89 bits per heavy atom. The lowest BCUT2D eigenvalue weighted by Crippen LogP contribution is -2.36. The van der Waals surface area contributed by atoms with Crippen LogP contribution >= 0.6 is 0 Å². The third-order valence-corrected chi connectivity index (χ3v) is 5.29. The minimum Gasteiger partial charge on any atom is -0.376 e. The van der Waals surface area contributed by atoms with E-state index in [1.54, 1.807) is 18.2 Å². The van der Waals surface area contributed by atoms with Crippen LogP contribution in [0.2, 0.25) is 0 Å².